The fourth-order valence-corrected chi connectivity index (χ4v) is 2.73. The highest BCUT2D eigenvalue weighted by Crippen LogP contribution is 2.34. The second-order valence-electron chi connectivity index (χ2n) is 4.10. The maximum atomic E-state index is 11.6. The van der Waals surface area contributed by atoms with Gasteiger partial charge in [0.25, 0.3) is 0 Å². The van der Waals surface area contributed by atoms with Crippen LogP contribution in [-0.2, 0) is 4.74 Å². The molecule has 1 aromatic heterocycles. The molecule has 1 amide bonds. The molecule has 1 saturated heterocycles. The smallest absolute Gasteiger partial charge is 0.411 e. The van der Waals surface area contributed by atoms with Crippen molar-refractivity contribution in [2.24, 2.45) is 0 Å². The van der Waals surface area contributed by atoms with Crippen LogP contribution in [0.25, 0.3) is 0 Å². The number of nitrogens with zero attached hydrogens (tertiary/aromatic N) is 1. The van der Waals surface area contributed by atoms with E-state index in [0.717, 1.165) is 5.56 Å². The van der Waals surface area contributed by atoms with Gasteiger partial charge in [0.2, 0.25) is 0 Å². The van der Waals surface area contributed by atoms with Crippen LogP contribution in [0.1, 0.15) is 32.4 Å². The zero-order valence-electron chi connectivity index (χ0n) is 9.14. The highest BCUT2D eigenvalue weighted by atomic mass is 32.1. The Morgan fingerprint density at radius 2 is 2.27 bits per heavy atom. The number of hydrogen-bond donors (Lipinski definition) is 0. The molecule has 0 unspecified atom stereocenters. The van der Waals surface area contributed by atoms with E-state index in [1.807, 2.05) is 37.6 Å². The first-order chi connectivity index (χ1) is 7.11. The first-order valence-electron chi connectivity index (χ1n) is 5.12. The lowest BCUT2D eigenvalue weighted by molar-refractivity contribution is 0.129. The lowest BCUT2D eigenvalue weighted by atomic mass is 10.1. The fraction of sp³-hybridized carbons (Fsp3) is 0.545. The molecule has 0 aromatic carbocycles. The Morgan fingerprint density at radius 1 is 1.53 bits per heavy atom. The highest BCUT2D eigenvalue weighted by Gasteiger charge is 2.40. The molecule has 3 nitrogen and oxygen atoms in total. The summed E-state index contributed by atoms with van der Waals surface area (Å²) in [6.07, 6.45) is -0.306. The van der Waals surface area contributed by atoms with E-state index >= 15 is 0 Å². The number of thiophene rings is 1. The average Bonchev–Trinajstić information content (AvgIpc) is 2.72. The van der Waals surface area contributed by atoms with Gasteiger partial charge in [0, 0.05) is 11.6 Å². The Labute approximate surface area is 93.7 Å². The Morgan fingerprint density at radius 3 is 2.73 bits per heavy atom. The lowest BCUT2D eigenvalue weighted by Crippen LogP contribution is -2.37. The van der Waals surface area contributed by atoms with Crippen LogP contribution in [0.5, 0.6) is 0 Å². The van der Waals surface area contributed by atoms with Crippen molar-refractivity contribution in [3.63, 3.8) is 0 Å². The summed E-state index contributed by atoms with van der Waals surface area (Å²) >= 11 is 1.63. The van der Waals surface area contributed by atoms with E-state index < -0.39 is 0 Å². The van der Waals surface area contributed by atoms with Crippen molar-refractivity contribution >= 4 is 17.4 Å². The standard InChI is InChI=1S/C11H15NO2S/c1-7(2)12-8(3)10(14-11(12)13)9-4-5-15-6-9/h4-8,10H,1-3H3/t8-,10-/m0/s1. The van der Waals surface area contributed by atoms with Crippen LogP contribution in [0.2, 0.25) is 0 Å². The average molecular weight is 225 g/mol. The summed E-state index contributed by atoms with van der Waals surface area (Å²) < 4.78 is 5.39. The summed E-state index contributed by atoms with van der Waals surface area (Å²) in [6, 6.07) is 2.33. The van der Waals surface area contributed by atoms with Crippen molar-refractivity contribution in [2.75, 3.05) is 0 Å². The molecule has 1 aromatic rings. The predicted octanol–water partition coefficient (Wildman–Crippen LogP) is 3.04. The molecule has 82 valence electrons. The maximum Gasteiger partial charge on any atom is 0.411 e. The number of carbonyl (C=O) groups is 1. The Kier molecular flexibility index (Phi) is 2.69. The topological polar surface area (TPSA) is 29.5 Å². The van der Waals surface area contributed by atoms with Crippen molar-refractivity contribution in [1.29, 1.82) is 0 Å². The summed E-state index contributed by atoms with van der Waals surface area (Å²) in [5.74, 6) is 0. The molecule has 0 spiro atoms. The van der Waals surface area contributed by atoms with Crippen molar-refractivity contribution in [1.82, 2.24) is 4.90 Å². The molecule has 0 aliphatic carbocycles. The summed E-state index contributed by atoms with van der Waals surface area (Å²) in [5, 5.41) is 4.05. The van der Waals surface area contributed by atoms with Crippen molar-refractivity contribution < 1.29 is 9.53 Å². The largest absolute Gasteiger partial charge is 0.439 e. The van der Waals surface area contributed by atoms with Crippen molar-refractivity contribution in [2.45, 2.75) is 39.0 Å². The van der Waals surface area contributed by atoms with Crippen LogP contribution in [-0.4, -0.2) is 23.1 Å². The summed E-state index contributed by atoms with van der Waals surface area (Å²) in [4.78, 5) is 13.4. The SMILES string of the molecule is CC(C)N1C(=O)O[C@H](c2ccsc2)[C@@H]1C. The molecule has 0 bridgehead atoms. The molecule has 0 radical (unpaired) electrons. The molecule has 1 aliphatic rings. The number of cyclic esters (lactones) is 1. The lowest BCUT2D eigenvalue weighted by Gasteiger charge is -2.23. The Balaban J connectivity index is 2.22. The first kappa shape index (κ1) is 10.5. The van der Waals surface area contributed by atoms with Gasteiger partial charge in [-0.15, -0.1) is 0 Å². The third-order valence-corrected chi connectivity index (χ3v) is 3.45. The number of carbonyl (C=O) groups excluding carboxylic acids is 1. The number of ether oxygens (including phenoxy) is 1. The van der Waals surface area contributed by atoms with Crippen LogP contribution in [0.15, 0.2) is 16.8 Å². The molecular formula is C11H15NO2S. The fourth-order valence-electron chi connectivity index (χ4n) is 2.04. The van der Waals surface area contributed by atoms with E-state index in [0.29, 0.717) is 0 Å². The summed E-state index contributed by atoms with van der Waals surface area (Å²) in [7, 11) is 0. The quantitative estimate of drug-likeness (QED) is 0.774. The minimum atomic E-state index is -0.200. The molecule has 2 atom stereocenters. The van der Waals surface area contributed by atoms with E-state index in [9.17, 15) is 4.79 Å². The number of rotatable bonds is 2. The third-order valence-electron chi connectivity index (χ3n) is 2.74. The normalized spacial score (nSPS) is 26.1. The van der Waals surface area contributed by atoms with Crippen LogP contribution >= 0.6 is 11.3 Å². The van der Waals surface area contributed by atoms with E-state index in [4.69, 9.17) is 4.74 Å². The van der Waals surface area contributed by atoms with Gasteiger partial charge < -0.3 is 4.74 Å². The molecule has 2 heterocycles. The summed E-state index contributed by atoms with van der Waals surface area (Å²) in [6.45, 7) is 6.05. The van der Waals surface area contributed by atoms with Gasteiger partial charge in [-0.1, -0.05) is 0 Å². The molecular weight excluding hydrogens is 210 g/mol. The minimum absolute atomic E-state index is 0.105. The zero-order valence-corrected chi connectivity index (χ0v) is 9.95. The van der Waals surface area contributed by atoms with Crippen LogP contribution < -0.4 is 0 Å². The van der Waals surface area contributed by atoms with Gasteiger partial charge in [-0.2, -0.15) is 11.3 Å². The van der Waals surface area contributed by atoms with E-state index in [-0.39, 0.29) is 24.3 Å². The molecule has 4 heteroatoms. The number of amides is 1. The van der Waals surface area contributed by atoms with Gasteiger partial charge in [-0.3, -0.25) is 4.90 Å². The van der Waals surface area contributed by atoms with Gasteiger partial charge in [0.1, 0.15) is 6.10 Å². The predicted molar refractivity (Wildman–Crippen MR) is 60.0 cm³/mol. The highest BCUT2D eigenvalue weighted by molar-refractivity contribution is 7.07. The molecule has 1 fully saturated rings. The third kappa shape index (κ3) is 1.74. The van der Waals surface area contributed by atoms with Gasteiger partial charge >= 0.3 is 6.09 Å². The second kappa shape index (κ2) is 3.85. The van der Waals surface area contributed by atoms with E-state index in [1.54, 1.807) is 16.2 Å². The zero-order chi connectivity index (χ0) is 11.0. The first-order valence-corrected chi connectivity index (χ1v) is 6.06. The molecule has 2 rings (SSSR count). The molecule has 15 heavy (non-hydrogen) atoms. The van der Waals surface area contributed by atoms with E-state index in [1.165, 1.54) is 0 Å². The summed E-state index contributed by atoms with van der Waals surface area (Å²) in [5.41, 5.74) is 1.10. The van der Waals surface area contributed by atoms with Gasteiger partial charge in [0.15, 0.2) is 0 Å². The molecule has 1 aliphatic heterocycles. The Bertz CT molecular complexity index is 347. The minimum Gasteiger partial charge on any atom is -0.439 e. The van der Waals surface area contributed by atoms with Crippen LogP contribution in [0.3, 0.4) is 0 Å². The monoisotopic (exact) mass is 225 g/mol. The van der Waals surface area contributed by atoms with Gasteiger partial charge in [-0.25, -0.2) is 4.79 Å². The van der Waals surface area contributed by atoms with Crippen molar-refractivity contribution in [3.8, 4) is 0 Å². The maximum absolute atomic E-state index is 11.6. The van der Waals surface area contributed by atoms with Crippen LogP contribution in [0, 0.1) is 0 Å². The van der Waals surface area contributed by atoms with Gasteiger partial charge in [-0.05, 0) is 37.6 Å². The second-order valence-corrected chi connectivity index (χ2v) is 4.88. The van der Waals surface area contributed by atoms with E-state index in [2.05, 4.69) is 0 Å². The molecule has 0 N–H and O–H groups in total. The number of hydrogen-bond acceptors (Lipinski definition) is 3. The van der Waals surface area contributed by atoms with Crippen molar-refractivity contribution in [3.05, 3.63) is 22.4 Å². The van der Waals surface area contributed by atoms with Gasteiger partial charge in [0.05, 0.1) is 6.04 Å². The Hall–Kier alpha value is -1.03. The molecule has 0 saturated carbocycles. The van der Waals surface area contributed by atoms with Crippen LogP contribution in [0.4, 0.5) is 4.79 Å².